The number of hydrogen-bond acceptors (Lipinski definition) is 7. The topological polar surface area (TPSA) is 108 Å². The molecule has 1 N–H and O–H groups in total. The van der Waals surface area contributed by atoms with Gasteiger partial charge in [0, 0.05) is 12.8 Å². The predicted molar refractivity (Wildman–Crippen MR) is 220 cm³/mol. The van der Waals surface area contributed by atoms with Crippen LogP contribution in [0.5, 0.6) is 0 Å². The Morgan fingerprint density at radius 2 is 1.04 bits per heavy atom. The Balaban J connectivity index is 4.50. The molecule has 0 aliphatic heterocycles. The Hall–Kier alpha value is -2.03. The number of phosphoric acid groups is 1. The number of unbranched alkanes of at least 4 members (excludes halogenated alkanes) is 15. The van der Waals surface area contributed by atoms with Crippen molar-refractivity contribution >= 4 is 19.8 Å². The first-order valence-electron chi connectivity index (χ1n) is 20.9. The molecule has 0 saturated carbocycles. The van der Waals surface area contributed by atoms with Gasteiger partial charge in [-0.05, 0) is 51.4 Å². The van der Waals surface area contributed by atoms with E-state index in [1.165, 1.54) is 83.5 Å². The minimum atomic E-state index is -4.38. The van der Waals surface area contributed by atoms with E-state index in [-0.39, 0.29) is 32.0 Å². The molecule has 0 rings (SSSR count). The van der Waals surface area contributed by atoms with Crippen LogP contribution in [0.4, 0.5) is 0 Å². The van der Waals surface area contributed by atoms with Crippen LogP contribution in [0.3, 0.4) is 0 Å². The summed E-state index contributed by atoms with van der Waals surface area (Å²) in [5.41, 5.74) is 0. The lowest BCUT2D eigenvalue weighted by Gasteiger charge is -2.24. The summed E-state index contributed by atoms with van der Waals surface area (Å²) in [5.74, 6) is -0.866. The molecule has 9 nitrogen and oxygen atoms in total. The van der Waals surface area contributed by atoms with Crippen molar-refractivity contribution in [1.82, 2.24) is 0 Å². The number of rotatable bonds is 37. The standard InChI is InChI=1S/C43H78NO8P/c1-6-8-10-12-14-16-18-20-21-22-23-24-26-28-30-32-34-36-43(46)52-41(40-51-53(47,48)50-38-37-44(3,4)5)39-49-42(45)35-33-31-29-27-25-19-17-15-13-11-9-7-2/h14,16,20-21,23-24,28,30,41H,6-13,15,17-19,22,25-27,29,31-40H2,1-5H3/p+1/b16-14-,21-20-,24-23-,30-28-/t41-/m1/s1. The van der Waals surface area contributed by atoms with Crippen molar-refractivity contribution in [2.75, 3.05) is 47.5 Å². The molecule has 0 heterocycles. The van der Waals surface area contributed by atoms with E-state index in [2.05, 4.69) is 56.4 Å². The summed E-state index contributed by atoms with van der Waals surface area (Å²) in [6.07, 6.45) is 40.2. The third-order valence-corrected chi connectivity index (χ3v) is 9.60. The van der Waals surface area contributed by atoms with Crippen molar-refractivity contribution in [2.45, 2.75) is 168 Å². The number of likely N-dealkylation sites (N-methyl/N-ethyl adjacent to an activating group) is 1. The fraction of sp³-hybridized carbons (Fsp3) is 0.767. The van der Waals surface area contributed by atoms with Crippen LogP contribution in [0, 0.1) is 0 Å². The van der Waals surface area contributed by atoms with Gasteiger partial charge in [0.05, 0.1) is 27.7 Å². The highest BCUT2D eigenvalue weighted by atomic mass is 31.2. The summed E-state index contributed by atoms with van der Waals surface area (Å²) in [7, 11) is 1.44. The average molecular weight is 769 g/mol. The molecule has 0 bridgehead atoms. The van der Waals surface area contributed by atoms with Gasteiger partial charge in [-0.25, -0.2) is 4.57 Å². The minimum Gasteiger partial charge on any atom is -0.462 e. The molecular formula is C43H79NO8P+. The van der Waals surface area contributed by atoms with E-state index >= 15 is 0 Å². The maximum atomic E-state index is 12.6. The van der Waals surface area contributed by atoms with Crippen molar-refractivity contribution < 1.29 is 42.1 Å². The van der Waals surface area contributed by atoms with Gasteiger partial charge in [0.15, 0.2) is 6.10 Å². The maximum absolute atomic E-state index is 12.6. The molecule has 10 heteroatoms. The molecule has 1 unspecified atom stereocenters. The van der Waals surface area contributed by atoms with Crippen molar-refractivity contribution in [1.29, 1.82) is 0 Å². The zero-order valence-electron chi connectivity index (χ0n) is 34.5. The molecule has 0 spiro atoms. The summed E-state index contributed by atoms with van der Waals surface area (Å²) in [4.78, 5) is 35.2. The zero-order chi connectivity index (χ0) is 39.3. The fourth-order valence-corrected chi connectivity index (χ4v) is 6.04. The van der Waals surface area contributed by atoms with E-state index in [1.807, 2.05) is 27.2 Å². The zero-order valence-corrected chi connectivity index (χ0v) is 35.4. The molecule has 0 fully saturated rings. The molecule has 0 aromatic rings. The van der Waals surface area contributed by atoms with E-state index < -0.39 is 26.5 Å². The molecule has 0 saturated heterocycles. The predicted octanol–water partition coefficient (Wildman–Crippen LogP) is 11.5. The lowest BCUT2D eigenvalue weighted by Crippen LogP contribution is -2.37. The smallest absolute Gasteiger partial charge is 0.462 e. The molecule has 0 aliphatic carbocycles. The van der Waals surface area contributed by atoms with Gasteiger partial charge < -0.3 is 18.9 Å². The highest BCUT2D eigenvalue weighted by molar-refractivity contribution is 7.47. The van der Waals surface area contributed by atoms with Gasteiger partial charge in [-0.1, -0.05) is 146 Å². The number of hydrogen-bond donors (Lipinski definition) is 1. The summed E-state index contributed by atoms with van der Waals surface area (Å²) in [6, 6.07) is 0. The van der Waals surface area contributed by atoms with Gasteiger partial charge in [0.2, 0.25) is 0 Å². The Morgan fingerprint density at radius 1 is 0.585 bits per heavy atom. The number of nitrogens with zero attached hydrogens (tertiary/aromatic N) is 1. The monoisotopic (exact) mass is 769 g/mol. The SMILES string of the molecule is CCCCC/C=C\C/C=C\C/C=C\C/C=C\CCCC(=O)O[C@H](COC(=O)CCCCCCCCCCCCCC)COP(=O)(O)OCC[N+](C)(C)C. The van der Waals surface area contributed by atoms with Gasteiger partial charge >= 0.3 is 19.8 Å². The van der Waals surface area contributed by atoms with Crippen molar-refractivity contribution in [3.05, 3.63) is 48.6 Å². The first-order valence-corrected chi connectivity index (χ1v) is 22.4. The second-order valence-corrected chi connectivity index (χ2v) is 16.5. The van der Waals surface area contributed by atoms with Gasteiger partial charge in [0.1, 0.15) is 19.8 Å². The molecular weight excluding hydrogens is 689 g/mol. The minimum absolute atomic E-state index is 0.0211. The number of esters is 2. The van der Waals surface area contributed by atoms with Crippen molar-refractivity contribution in [2.24, 2.45) is 0 Å². The number of phosphoric ester groups is 1. The van der Waals surface area contributed by atoms with Crippen LogP contribution in [0.25, 0.3) is 0 Å². The molecule has 308 valence electrons. The van der Waals surface area contributed by atoms with Crippen LogP contribution in [-0.2, 0) is 32.7 Å². The summed E-state index contributed by atoms with van der Waals surface area (Å²) in [5, 5.41) is 0. The number of carbonyl (C=O) groups is 2. The Kier molecular flexibility index (Phi) is 34.3. The number of carbonyl (C=O) groups excluding carboxylic acids is 2. The van der Waals surface area contributed by atoms with Crippen molar-refractivity contribution in [3.8, 4) is 0 Å². The maximum Gasteiger partial charge on any atom is 0.472 e. The van der Waals surface area contributed by atoms with Crippen LogP contribution in [0.1, 0.15) is 162 Å². The van der Waals surface area contributed by atoms with Crippen LogP contribution in [0.2, 0.25) is 0 Å². The van der Waals surface area contributed by atoms with Crippen LogP contribution < -0.4 is 0 Å². The Morgan fingerprint density at radius 3 is 1.57 bits per heavy atom. The van der Waals surface area contributed by atoms with Crippen LogP contribution in [0.15, 0.2) is 48.6 Å². The number of allylic oxidation sites excluding steroid dienone is 8. The third-order valence-electron chi connectivity index (χ3n) is 8.61. The molecule has 53 heavy (non-hydrogen) atoms. The number of ether oxygens (including phenoxy) is 2. The van der Waals surface area contributed by atoms with E-state index in [9.17, 15) is 19.0 Å². The average Bonchev–Trinajstić information content (AvgIpc) is 3.10. The Labute approximate surface area is 324 Å². The van der Waals surface area contributed by atoms with E-state index in [4.69, 9.17) is 18.5 Å². The van der Waals surface area contributed by atoms with Crippen molar-refractivity contribution in [3.63, 3.8) is 0 Å². The second-order valence-electron chi connectivity index (χ2n) is 15.0. The quantitative estimate of drug-likeness (QED) is 0.0219. The molecule has 0 aliphatic rings. The lowest BCUT2D eigenvalue weighted by atomic mass is 10.0. The molecule has 0 aromatic heterocycles. The summed E-state index contributed by atoms with van der Waals surface area (Å²) < 4.78 is 34.2. The first-order chi connectivity index (χ1) is 25.5. The highest BCUT2D eigenvalue weighted by Crippen LogP contribution is 2.43. The molecule has 0 radical (unpaired) electrons. The van der Waals surface area contributed by atoms with Gasteiger partial charge in [0.25, 0.3) is 0 Å². The van der Waals surface area contributed by atoms with E-state index in [0.29, 0.717) is 23.9 Å². The van der Waals surface area contributed by atoms with E-state index in [1.54, 1.807) is 0 Å². The molecule has 0 aromatic carbocycles. The number of quaternary nitrogens is 1. The van der Waals surface area contributed by atoms with Gasteiger partial charge in [-0.15, -0.1) is 0 Å². The van der Waals surface area contributed by atoms with E-state index in [0.717, 1.165) is 38.5 Å². The normalized spacial score (nSPS) is 14.2. The molecule has 0 amide bonds. The second kappa shape index (κ2) is 35.7. The van der Waals surface area contributed by atoms with Gasteiger partial charge in [-0.2, -0.15) is 0 Å². The van der Waals surface area contributed by atoms with Crippen LogP contribution >= 0.6 is 7.82 Å². The summed E-state index contributed by atoms with van der Waals surface area (Å²) in [6.45, 7) is 4.31. The highest BCUT2D eigenvalue weighted by Gasteiger charge is 2.27. The lowest BCUT2D eigenvalue weighted by molar-refractivity contribution is -0.870. The Bertz CT molecular complexity index is 1050. The first kappa shape index (κ1) is 51.0. The third kappa shape index (κ3) is 39.5. The molecule has 2 atom stereocenters. The summed E-state index contributed by atoms with van der Waals surface area (Å²) >= 11 is 0. The fourth-order valence-electron chi connectivity index (χ4n) is 5.30. The van der Waals surface area contributed by atoms with Gasteiger partial charge in [-0.3, -0.25) is 18.6 Å². The largest absolute Gasteiger partial charge is 0.472 e. The van der Waals surface area contributed by atoms with Crippen LogP contribution in [-0.4, -0.2) is 74.9 Å².